The molecule has 0 saturated carbocycles. The number of halogens is 1. The minimum atomic E-state index is -1.18. The molecule has 0 aliphatic heterocycles. The fourth-order valence-electron chi connectivity index (χ4n) is 1.41. The Morgan fingerprint density at radius 1 is 1.30 bits per heavy atom. The van der Waals surface area contributed by atoms with Gasteiger partial charge in [-0.15, -0.1) is 11.8 Å². The largest absolute Gasteiger partial charge is 0.480 e. The number of carboxylic acids is 1. The van der Waals surface area contributed by atoms with E-state index in [1.165, 1.54) is 25.8 Å². The third-order valence-electron chi connectivity index (χ3n) is 3.13. The van der Waals surface area contributed by atoms with Crippen LogP contribution in [0.15, 0.2) is 33.6 Å². The molecule has 1 aromatic carbocycles. The third kappa shape index (κ3) is 4.52. The molecule has 6 heteroatoms. The number of hydrogen-bond acceptors (Lipinski definition) is 3. The third-order valence-corrected chi connectivity index (χ3v) is 4.68. The van der Waals surface area contributed by atoms with Crippen molar-refractivity contribution in [3.63, 3.8) is 0 Å². The maximum Gasteiger partial charge on any atom is 0.329 e. The second kappa shape index (κ2) is 7.13. The molecular formula is C14H18BrNO3S. The van der Waals surface area contributed by atoms with E-state index in [9.17, 15) is 9.59 Å². The van der Waals surface area contributed by atoms with Gasteiger partial charge in [0.1, 0.15) is 5.54 Å². The summed E-state index contributed by atoms with van der Waals surface area (Å²) in [5, 5.41) is 9.09. The highest BCUT2D eigenvalue weighted by Crippen LogP contribution is 2.22. The normalized spacial score (nSPS) is 11.2. The number of nitrogens with zero attached hydrogens (tertiary/aromatic N) is 1. The summed E-state index contributed by atoms with van der Waals surface area (Å²) in [6, 6.07) is 7.85. The first-order valence-corrected chi connectivity index (χ1v) is 7.91. The minimum absolute atomic E-state index is 0.165. The Labute approximate surface area is 131 Å². The molecule has 0 aliphatic rings. The predicted molar refractivity (Wildman–Crippen MR) is 84.0 cm³/mol. The first kappa shape index (κ1) is 17.0. The Hall–Kier alpha value is -1.01. The van der Waals surface area contributed by atoms with Gasteiger partial charge in [-0.05, 0) is 38.1 Å². The van der Waals surface area contributed by atoms with Crippen LogP contribution in [0.1, 0.15) is 20.3 Å². The van der Waals surface area contributed by atoms with Crippen molar-refractivity contribution in [2.24, 2.45) is 0 Å². The number of thioether (sulfide) groups is 1. The lowest BCUT2D eigenvalue weighted by molar-refractivity contribution is -0.155. The minimum Gasteiger partial charge on any atom is -0.480 e. The zero-order chi connectivity index (χ0) is 15.3. The first-order valence-electron chi connectivity index (χ1n) is 6.13. The van der Waals surface area contributed by atoms with Crippen molar-refractivity contribution in [1.82, 2.24) is 4.90 Å². The molecule has 0 spiro atoms. The quantitative estimate of drug-likeness (QED) is 0.792. The molecule has 0 radical (unpaired) electrons. The number of rotatable bonds is 6. The van der Waals surface area contributed by atoms with E-state index in [1.54, 1.807) is 11.8 Å². The molecule has 1 aromatic rings. The molecule has 0 bridgehead atoms. The molecule has 20 heavy (non-hydrogen) atoms. The summed E-state index contributed by atoms with van der Waals surface area (Å²) < 4.78 is 1.01. The summed E-state index contributed by atoms with van der Waals surface area (Å²) in [7, 11) is 1.53. The van der Waals surface area contributed by atoms with Crippen LogP contribution in [0.4, 0.5) is 0 Å². The Morgan fingerprint density at radius 3 is 2.35 bits per heavy atom. The van der Waals surface area contributed by atoms with Crippen LogP contribution in [0.5, 0.6) is 0 Å². The monoisotopic (exact) mass is 359 g/mol. The molecule has 0 aromatic heterocycles. The molecular weight excluding hydrogens is 342 g/mol. The van der Waals surface area contributed by atoms with Gasteiger partial charge < -0.3 is 10.0 Å². The van der Waals surface area contributed by atoms with Crippen molar-refractivity contribution in [1.29, 1.82) is 0 Å². The van der Waals surface area contributed by atoms with Crippen LogP contribution < -0.4 is 0 Å². The van der Waals surface area contributed by atoms with E-state index in [2.05, 4.69) is 15.9 Å². The van der Waals surface area contributed by atoms with Gasteiger partial charge in [-0.2, -0.15) is 0 Å². The summed E-state index contributed by atoms with van der Waals surface area (Å²) in [6.45, 7) is 3.05. The van der Waals surface area contributed by atoms with Crippen LogP contribution in [0, 0.1) is 0 Å². The highest BCUT2D eigenvalue weighted by molar-refractivity contribution is 9.10. The number of carboxylic acid groups (broad SMARTS) is 1. The van der Waals surface area contributed by atoms with E-state index in [4.69, 9.17) is 5.11 Å². The molecule has 1 rings (SSSR count). The molecule has 0 aliphatic carbocycles. The second-order valence-corrected chi connectivity index (χ2v) is 6.95. The highest BCUT2D eigenvalue weighted by Gasteiger charge is 2.34. The zero-order valence-corrected chi connectivity index (χ0v) is 14.1. The van der Waals surface area contributed by atoms with E-state index in [1.807, 2.05) is 24.3 Å². The summed E-state index contributed by atoms with van der Waals surface area (Å²) in [5.41, 5.74) is -1.18. The van der Waals surface area contributed by atoms with Gasteiger partial charge in [0, 0.05) is 28.6 Å². The van der Waals surface area contributed by atoms with E-state index in [0.29, 0.717) is 12.2 Å². The van der Waals surface area contributed by atoms with E-state index in [0.717, 1.165) is 9.37 Å². The van der Waals surface area contributed by atoms with E-state index < -0.39 is 11.5 Å². The SMILES string of the molecule is CN(C(=O)CCSc1ccc(Br)cc1)C(C)(C)C(=O)O. The fourth-order valence-corrected chi connectivity index (χ4v) is 2.52. The number of carbonyl (C=O) groups is 2. The molecule has 0 heterocycles. The smallest absolute Gasteiger partial charge is 0.329 e. The molecule has 1 amide bonds. The topological polar surface area (TPSA) is 57.6 Å². The number of benzene rings is 1. The molecule has 0 saturated heterocycles. The molecule has 110 valence electrons. The van der Waals surface area contributed by atoms with Crippen LogP contribution in [-0.2, 0) is 9.59 Å². The molecule has 1 N–H and O–H groups in total. The van der Waals surface area contributed by atoms with Gasteiger partial charge in [-0.3, -0.25) is 4.79 Å². The molecule has 0 unspecified atom stereocenters. The molecule has 0 fully saturated rings. The van der Waals surface area contributed by atoms with Gasteiger partial charge in [0.15, 0.2) is 0 Å². The Morgan fingerprint density at radius 2 is 1.85 bits per heavy atom. The average Bonchev–Trinajstić information content (AvgIpc) is 2.39. The molecule has 4 nitrogen and oxygen atoms in total. The summed E-state index contributed by atoms with van der Waals surface area (Å²) >= 11 is 4.94. The lowest BCUT2D eigenvalue weighted by Gasteiger charge is -2.31. The summed E-state index contributed by atoms with van der Waals surface area (Å²) in [4.78, 5) is 25.4. The highest BCUT2D eigenvalue weighted by atomic mass is 79.9. The second-order valence-electron chi connectivity index (χ2n) is 4.87. The lowest BCUT2D eigenvalue weighted by atomic mass is 10.0. The maximum absolute atomic E-state index is 12.0. The predicted octanol–water partition coefficient (Wildman–Crippen LogP) is 3.25. The van der Waals surface area contributed by atoms with Crippen molar-refractivity contribution < 1.29 is 14.7 Å². The van der Waals surface area contributed by atoms with Crippen molar-refractivity contribution in [3.8, 4) is 0 Å². The molecule has 0 atom stereocenters. The van der Waals surface area contributed by atoms with Gasteiger partial charge in [0.2, 0.25) is 5.91 Å². The van der Waals surface area contributed by atoms with Gasteiger partial charge in [0.05, 0.1) is 0 Å². The van der Waals surface area contributed by atoms with Crippen LogP contribution in [0.25, 0.3) is 0 Å². The van der Waals surface area contributed by atoms with Crippen molar-refractivity contribution in [2.45, 2.75) is 30.7 Å². The summed E-state index contributed by atoms with van der Waals surface area (Å²) in [6.07, 6.45) is 0.313. The van der Waals surface area contributed by atoms with Crippen LogP contribution in [0.3, 0.4) is 0 Å². The van der Waals surface area contributed by atoms with Crippen LogP contribution in [0.2, 0.25) is 0 Å². The number of hydrogen-bond donors (Lipinski definition) is 1. The van der Waals surface area contributed by atoms with E-state index >= 15 is 0 Å². The standard InChI is InChI=1S/C14H18BrNO3S/c1-14(2,13(18)19)16(3)12(17)8-9-20-11-6-4-10(15)5-7-11/h4-7H,8-9H2,1-3H3,(H,18,19). The maximum atomic E-state index is 12.0. The van der Waals surface area contributed by atoms with Gasteiger partial charge in [0.25, 0.3) is 0 Å². The Balaban J connectivity index is 2.47. The number of likely N-dealkylation sites (N-methyl/N-ethyl adjacent to an activating group) is 1. The van der Waals surface area contributed by atoms with Crippen LogP contribution >= 0.6 is 27.7 Å². The Bertz CT molecular complexity index is 488. The number of amides is 1. The number of carbonyl (C=O) groups excluding carboxylic acids is 1. The van der Waals surface area contributed by atoms with Gasteiger partial charge >= 0.3 is 5.97 Å². The number of aliphatic carboxylic acids is 1. The van der Waals surface area contributed by atoms with Gasteiger partial charge in [-0.1, -0.05) is 15.9 Å². The Kier molecular flexibility index (Phi) is 6.07. The van der Waals surface area contributed by atoms with E-state index in [-0.39, 0.29) is 5.91 Å². The first-order chi connectivity index (χ1) is 9.25. The zero-order valence-electron chi connectivity index (χ0n) is 11.7. The fraction of sp³-hybridized carbons (Fsp3) is 0.429. The van der Waals surface area contributed by atoms with Crippen molar-refractivity contribution in [2.75, 3.05) is 12.8 Å². The van der Waals surface area contributed by atoms with Crippen molar-refractivity contribution >= 4 is 39.6 Å². The van der Waals surface area contributed by atoms with Crippen molar-refractivity contribution in [3.05, 3.63) is 28.7 Å². The van der Waals surface area contributed by atoms with Crippen LogP contribution in [-0.4, -0.2) is 40.2 Å². The van der Waals surface area contributed by atoms with Gasteiger partial charge in [-0.25, -0.2) is 4.79 Å². The lowest BCUT2D eigenvalue weighted by Crippen LogP contribution is -2.50. The average molecular weight is 360 g/mol. The summed E-state index contributed by atoms with van der Waals surface area (Å²) in [5.74, 6) is -0.545.